The predicted octanol–water partition coefficient (Wildman–Crippen LogP) is 2.58. The van der Waals surface area contributed by atoms with E-state index in [4.69, 9.17) is 0 Å². The minimum Gasteiger partial charge on any atom is -0.507 e. The van der Waals surface area contributed by atoms with Crippen LogP contribution in [-0.4, -0.2) is 45.4 Å². The third-order valence-corrected chi connectivity index (χ3v) is 3.51. The van der Waals surface area contributed by atoms with Crippen molar-refractivity contribution in [2.75, 3.05) is 0 Å². The molecule has 1 aliphatic heterocycles. The van der Waals surface area contributed by atoms with Gasteiger partial charge in [0.05, 0.1) is 5.56 Å². The second-order valence-corrected chi connectivity index (χ2v) is 5.44. The molecule has 0 spiro atoms. The second kappa shape index (κ2) is 5.84. The Hall–Kier alpha value is -1.68. The van der Waals surface area contributed by atoms with E-state index in [1.807, 2.05) is 0 Å². The maximum Gasteiger partial charge on any atom is 0.287 e. The number of aliphatic hydroxyl groups is 1. The molecule has 1 aromatic carbocycles. The quantitative estimate of drug-likeness (QED) is 0.786. The zero-order valence-corrected chi connectivity index (χ0v) is 12.3. The summed E-state index contributed by atoms with van der Waals surface area (Å²) in [6, 6.07) is 3.58. The molecule has 1 heterocycles. The molecule has 2 N–H and O–H groups in total. The number of carbonyl (C=O) groups excluding carboxylic acids is 1. The zero-order valence-electron chi connectivity index (χ0n) is 10.7. The maximum absolute atomic E-state index is 13.0. The Balaban J connectivity index is 2.47. The van der Waals surface area contributed by atoms with Gasteiger partial charge in [-0.25, -0.2) is 17.6 Å². The van der Waals surface area contributed by atoms with Crippen molar-refractivity contribution in [3.63, 3.8) is 0 Å². The van der Waals surface area contributed by atoms with Gasteiger partial charge < -0.3 is 10.2 Å². The summed E-state index contributed by atoms with van der Waals surface area (Å²) in [6.07, 6.45) is -7.90. The van der Waals surface area contributed by atoms with Crippen molar-refractivity contribution in [3.05, 3.63) is 28.2 Å². The Labute approximate surface area is 130 Å². The number of rotatable bonds is 3. The standard InChI is InChI=1S/C12H9BrF4N2O3/c13-5-1-2-8(20)6(3-5)10(21)19-12(22,11(16)17)4-7(18-19)9(14)15/h1-3,9,11,20,22H,4H2/t12-/m1/s1. The summed E-state index contributed by atoms with van der Waals surface area (Å²) in [4.78, 5) is 12.2. The van der Waals surface area contributed by atoms with E-state index >= 15 is 0 Å². The third-order valence-electron chi connectivity index (χ3n) is 3.02. The maximum atomic E-state index is 13.0. The number of halogens is 5. The molecule has 5 nitrogen and oxygen atoms in total. The molecule has 1 aliphatic rings. The van der Waals surface area contributed by atoms with Crippen LogP contribution in [0.5, 0.6) is 5.75 Å². The number of benzene rings is 1. The fourth-order valence-electron chi connectivity index (χ4n) is 1.90. The summed E-state index contributed by atoms with van der Waals surface area (Å²) in [5.41, 5.74) is -4.68. The first-order valence-corrected chi connectivity index (χ1v) is 6.65. The van der Waals surface area contributed by atoms with Gasteiger partial charge in [-0.05, 0) is 18.2 Å². The van der Waals surface area contributed by atoms with E-state index in [-0.39, 0.29) is 5.01 Å². The minimum absolute atomic E-state index is 0.110. The molecule has 0 fully saturated rings. The number of carbonyl (C=O) groups is 1. The number of phenolic OH excluding ortho intramolecular Hbond substituents is 1. The largest absolute Gasteiger partial charge is 0.507 e. The van der Waals surface area contributed by atoms with Crippen LogP contribution < -0.4 is 0 Å². The highest BCUT2D eigenvalue weighted by atomic mass is 79.9. The fraction of sp³-hybridized carbons (Fsp3) is 0.333. The van der Waals surface area contributed by atoms with Crippen LogP contribution in [0.3, 0.4) is 0 Å². The van der Waals surface area contributed by atoms with E-state index in [1.54, 1.807) is 0 Å². The van der Waals surface area contributed by atoms with Crippen molar-refractivity contribution in [3.8, 4) is 5.75 Å². The first-order chi connectivity index (χ1) is 10.2. The molecule has 1 atom stereocenters. The summed E-state index contributed by atoms with van der Waals surface area (Å²) < 4.78 is 51.7. The van der Waals surface area contributed by atoms with Crippen LogP contribution in [0.2, 0.25) is 0 Å². The van der Waals surface area contributed by atoms with Crippen LogP contribution >= 0.6 is 15.9 Å². The highest BCUT2D eigenvalue weighted by Crippen LogP contribution is 2.35. The molecule has 0 bridgehead atoms. The van der Waals surface area contributed by atoms with Crippen LogP contribution in [0.1, 0.15) is 16.8 Å². The smallest absolute Gasteiger partial charge is 0.287 e. The molecule has 0 radical (unpaired) electrons. The molecule has 0 aliphatic carbocycles. The van der Waals surface area contributed by atoms with Gasteiger partial charge in [-0.3, -0.25) is 4.79 Å². The predicted molar refractivity (Wildman–Crippen MR) is 71.0 cm³/mol. The SMILES string of the molecule is O=C(c1cc(Br)ccc1O)N1N=C(C(F)F)C[C@@]1(O)C(F)F. The molecular weight excluding hydrogens is 376 g/mol. The van der Waals surface area contributed by atoms with Crippen LogP contribution in [0.15, 0.2) is 27.8 Å². The Morgan fingerprint density at radius 1 is 1.36 bits per heavy atom. The molecule has 2 rings (SSSR count). The number of hydrogen-bond donors (Lipinski definition) is 2. The molecule has 22 heavy (non-hydrogen) atoms. The number of hydrogen-bond acceptors (Lipinski definition) is 4. The van der Waals surface area contributed by atoms with Crippen LogP contribution in [0, 0.1) is 0 Å². The van der Waals surface area contributed by atoms with Crippen LogP contribution in [0.25, 0.3) is 0 Å². The van der Waals surface area contributed by atoms with Gasteiger partial charge in [0.15, 0.2) is 0 Å². The summed E-state index contributed by atoms with van der Waals surface area (Å²) in [5, 5.41) is 22.5. The Kier molecular flexibility index (Phi) is 4.43. The van der Waals surface area contributed by atoms with Gasteiger partial charge in [0.2, 0.25) is 5.72 Å². The van der Waals surface area contributed by atoms with Gasteiger partial charge in [-0.1, -0.05) is 15.9 Å². The summed E-state index contributed by atoms with van der Waals surface area (Å²) >= 11 is 3.02. The zero-order chi connectivity index (χ0) is 16.7. The van der Waals surface area contributed by atoms with E-state index in [9.17, 15) is 32.6 Å². The number of aromatic hydroxyl groups is 1. The van der Waals surface area contributed by atoms with E-state index in [2.05, 4.69) is 21.0 Å². The van der Waals surface area contributed by atoms with Crippen molar-refractivity contribution < 1.29 is 32.6 Å². The lowest BCUT2D eigenvalue weighted by molar-refractivity contribution is -0.164. The number of amides is 1. The van der Waals surface area contributed by atoms with Crippen molar-refractivity contribution in [1.82, 2.24) is 5.01 Å². The average molecular weight is 385 g/mol. The van der Waals surface area contributed by atoms with Crippen molar-refractivity contribution >= 4 is 27.5 Å². The summed E-state index contributed by atoms with van der Waals surface area (Å²) in [7, 11) is 0. The van der Waals surface area contributed by atoms with Crippen molar-refractivity contribution in [2.24, 2.45) is 5.10 Å². The first kappa shape index (κ1) is 16.7. The van der Waals surface area contributed by atoms with Crippen molar-refractivity contribution in [2.45, 2.75) is 25.0 Å². The highest BCUT2D eigenvalue weighted by Gasteiger charge is 2.53. The van der Waals surface area contributed by atoms with Crippen LogP contribution in [-0.2, 0) is 0 Å². The van der Waals surface area contributed by atoms with E-state index in [0.717, 1.165) is 12.1 Å². The van der Waals surface area contributed by atoms with Gasteiger partial charge in [0.1, 0.15) is 11.5 Å². The fourth-order valence-corrected chi connectivity index (χ4v) is 2.26. The molecule has 0 saturated heterocycles. The Morgan fingerprint density at radius 2 is 2.00 bits per heavy atom. The monoisotopic (exact) mass is 384 g/mol. The van der Waals surface area contributed by atoms with Gasteiger partial charge in [0.25, 0.3) is 18.8 Å². The molecule has 0 unspecified atom stereocenters. The lowest BCUT2D eigenvalue weighted by Crippen LogP contribution is -2.51. The van der Waals surface area contributed by atoms with E-state index in [1.165, 1.54) is 6.07 Å². The van der Waals surface area contributed by atoms with Gasteiger partial charge in [0, 0.05) is 10.9 Å². The second-order valence-electron chi connectivity index (χ2n) is 4.53. The lowest BCUT2D eigenvalue weighted by atomic mass is 10.1. The highest BCUT2D eigenvalue weighted by molar-refractivity contribution is 9.10. The lowest BCUT2D eigenvalue weighted by Gasteiger charge is -2.30. The topological polar surface area (TPSA) is 73.1 Å². The molecule has 0 aromatic heterocycles. The average Bonchev–Trinajstić information content (AvgIpc) is 2.80. The summed E-state index contributed by atoms with van der Waals surface area (Å²) in [5.74, 6) is -1.89. The van der Waals surface area contributed by atoms with E-state index in [0.29, 0.717) is 4.47 Å². The third kappa shape index (κ3) is 2.80. The molecule has 1 amide bonds. The van der Waals surface area contributed by atoms with Gasteiger partial charge in [-0.15, -0.1) is 0 Å². The molecular formula is C12H9BrF4N2O3. The minimum atomic E-state index is -3.52. The first-order valence-electron chi connectivity index (χ1n) is 5.86. The molecule has 10 heteroatoms. The molecule has 120 valence electrons. The number of alkyl halides is 4. The van der Waals surface area contributed by atoms with Gasteiger partial charge >= 0.3 is 0 Å². The summed E-state index contributed by atoms with van der Waals surface area (Å²) in [6.45, 7) is 0. The molecule has 0 saturated carbocycles. The van der Waals surface area contributed by atoms with Crippen molar-refractivity contribution in [1.29, 1.82) is 0 Å². The van der Waals surface area contributed by atoms with E-state index < -0.39 is 47.9 Å². The van der Waals surface area contributed by atoms with Gasteiger partial charge in [-0.2, -0.15) is 10.1 Å². The Bertz CT molecular complexity index is 641. The van der Waals surface area contributed by atoms with Crippen LogP contribution in [0.4, 0.5) is 17.6 Å². The normalized spacial score (nSPS) is 21.6. The number of nitrogens with zero attached hydrogens (tertiary/aromatic N) is 2. The molecule has 1 aromatic rings. The number of hydrazone groups is 1. The number of phenols is 1. The Morgan fingerprint density at radius 3 is 2.55 bits per heavy atom.